The number of carbonyl (C=O) groups is 1. The van der Waals surface area contributed by atoms with Crippen LogP contribution in [0.1, 0.15) is 34.8 Å². The molecule has 2 aromatic rings. The molecule has 1 atom stereocenters. The number of aromatic carboxylic acids is 1. The van der Waals surface area contributed by atoms with E-state index in [1.54, 1.807) is 0 Å². The monoisotopic (exact) mass is 400 g/mol. The molecule has 28 heavy (non-hydrogen) atoms. The maximum absolute atomic E-state index is 14.3. The molecule has 4 nitrogen and oxygen atoms in total. The zero-order valence-electron chi connectivity index (χ0n) is 15.7. The summed E-state index contributed by atoms with van der Waals surface area (Å²) in [5, 5.41) is 16.2. The van der Waals surface area contributed by atoms with Gasteiger partial charge in [-0.05, 0) is 54.8 Å². The molecule has 3 N–H and O–H groups in total. The molecule has 1 aliphatic rings. The lowest BCUT2D eigenvalue weighted by Crippen LogP contribution is -2.24. The van der Waals surface area contributed by atoms with Crippen molar-refractivity contribution in [3.05, 3.63) is 87.5 Å². The summed E-state index contributed by atoms with van der Waals surface area (Å²) >= 11 is 6.33. The first-order valence-corrected chi connectivity index (χ1v) is 9.43. The minimum Gasteiger partial charge on any atom is -0.478 e. The van der Waals surface area contributed by atoms with Gasteiger partial charge in [0.2, 0.25) is 0 Å². The molecule has 2 aromatic carbocycles. The predicted octanol–water partition coefficient (Wildman–Crippen LogP) is 5.50. The van der Waals surface area contributed by atoms with Crippen molar-refractivity contribution in [2.24, 2.45) is 5.92 Å². The van der Waals surface area contributed by atoms with Gasteiger partial charge in [-0.3, -0.25) is 0 Å². The van der Waals surface area contributed by atoms with E-state index < -0.39 is 11.8 Å². The lowest BCUT2D eigenvalue weighted by atomic mass is 9.96. The summed E-state index contributed by atoms with van der Waals surface area (Å²) in [6.45, 7) is 4.67. The summed E-state index contributed by atoms with van der Waals surface area (Å²) in [5.74, 6) is -1.55. The largest absolute Gasteiger partial charge is 0.478 e. The maximum atomic E-state index is 14.3. The highest BCUT2D eigenvalue weighted by Crippen LogP contribution is 2.27. The van der Waals surface area contributed by atoms with Gasteiger partial charge in [0.15, 0.2) is 0 Å². The van der Waals surface area contributed by atoms with Crippen LogP contribution in [-0.2, 0) is 6.54 Å². The molecule has 0 saturated heterocycles. The van der Waals surface area contributed by atoms with Crippen LogP contribution in [0.25, 0.3) is 0 Å². The minimum absolute atomic E-state index is 0.0860. The summed E-state index contributed by atoms with van der Waals surface area (Å²) in [6.07, 6.45) is 4.81. The Morgan fingerprint density at radius 1 is 1.32 bits per heavy atom. The van der Waals surface area contributed by atoms with Crippen LogP contribution in [0, 0.1) is 18.7 Å². The second-order valence-electron chi connectivity index (χ2n) is 6.88. The molecule has 0 fully saturated rings. The van der Waals surface area contributed by atoms with Crippen molar-refractivity contribution in [1.29, 1.82) is 0 Å². The molecule has 0 bridgehead atoms. The van der Waals surface area contributed by atoms with Crippen LogP contribution in [0.3, 0.4) is 0 Å². The van der Waals surface area contributed by atoms with E-state index >= 15 is 0 Å². The van der Waals surface area contributed by atoms with Crippen molar-refractivity contribution in [2.75, 3.05) is 5.32 Å². The summed E-state index contributed by atoms with van der Waals surface area (Å²) in [5.41, 5.74) is 3.98. The third kappa shape index (κ3) is 4.37. The van der Waals surface area contributed by atoms with Crippen molar-refractivity contribution < 1.29 is 14.3 Å². The van der Waals surface area contributed by atoms with E-state index in [2.05, 4.69) is 17.6 Å². The van der Waals surface area contributed by atoms with E-state index in [0.717, 1.165) is 35.0 Å². The zero-order chi connectivity index (χ0) is 20.3. The summed E-state index contributed by atoms with van der Waals surface area (Å²) in [4.78, 5) is 11.0. The van der Waals surface area contributed by atoms with Crippen LogP contribution in [-0.4, -0.2) is 11.1 Å². The highest BCUT2D eigenvalue weighted by Gasteiger charge is 2.18. The topological polar surface area (TPSA) is 61.4 Å². The number of rotatable bonds is 6. The Labute approximate surface area is 168 Å². The number of halogens is 2. The maximum Gasteiger partial charge on any atom is 0.335 e. The lowest BCUT2D eigenvalue weighted by molar-refractivity contribution is 0.0696. The van der Waals surface area contributed by atoms with E-state index in [4.69, 9.17) is 16.7 Å². The minimum atomic E-state index is -1.16. The number of nitrogens with one attached hydrogen (secondary N) is 2. The number of allylic oxidation sites excluding steroid dienone is 3. The van der Waals surface area contributed by atoms with Crippen LogP contribution in [0.15, 0.2) is 59.9 Å². The third-order valence-corrected chi connectivity index (χ3v) is 5.21. The van der Waals surface area contributed by atoms with Gasteiger partial charge in [0.1, 0.15) is 5.82 Å². The van der Waals surface area contributed by atoms with Gasteiger partial charge in [0.05, 0.1) is 16.9 Å². The fraction of sp³-hybridized carbons (Fsp3) is 0.227. The quantitative estimate of drug-likeness (QED) is 0.599. The van der Waals surface area contributed by atoms with Crippen LogP contribution < -0.4 is 10.6 Å². The van der Waals surface area contributed by atoms with Gasteiger partial charge in [0.25, 0.3) is 0 Å². The molecule has 0 spiro atoms. The Hall–Kier alpha value is -2.79. The van der Waals surface area contributed by atoms with Gasteiger partial charge in [-0.25, -0.2) is 9.18 Å². The molecule has 0 aromatic heterocycles. The average Bonchev–Trinajstić information content (AvgIpc) is 2.64. The Balaban J connectivity index is 1.86. The summed E-state index contributed by atoms with van der Waals surface area (Å²) in [7, 11) is 0. The standard InChI is InChI=1S/C22H22ClFN2O2/c1-13-5-3-7-17(23)16(13)12-25-21-14(2)6-4-8-20(21)26-19-10-9-15(22(27)28)11-18(19)24/h3-5,7-11,14,25-26H,6,12H2,1-2H3,(H,27,28). The Bertz CT molecular complexity index is 949. The molecule has 0 aliphatic heterocycles. The zero-order valence-corrected chi connectivity index (χ0v) is 16.5. The van der Waals surface area contributed by atoms with E-state index in [1.165, 1.54) is 12.1 Å². The molecule has 0 amide bonds. The van der Waals surface area contributed by atoms with E-state index in [9.17, 15) is 9.18 Å². The third-order valence-electron chi connectivity index (χ3n) is 4.85. The first-order valence-electron chi connectivity index (χ1n) is 9.05. The number of hydrogen-bond acceptors (Lipinski definition) is 3. The number of carboxylic acids is 1. The molecular formula is C22H22ClFN2O2. The first kappa shape index (κ1) is 20.0. The van der Waals surface area contributed by atoms with Crippen molar-refractivity contribution in [1.82, 2.24) is 5.32 Å². The number of carboxylic acid groups (broad SMARTS) is 1. The van der Waals surface area contributed by atoms with Crippen molar-refractivity contribution in [3.8, 4) is 0 Å². The molecule has 1 aliphatic carbocycles. The number of benzene rings is 2. The molecule has 1 unspecified atom stereocenters. The van der Waals surface area contributed by atoms with Crippen molar-refractivity contribution in [2.45, 2.75) is 26.8 Å². The van der Waals surface area contributed by atoms with Crippen LogP contribution >= 0.6 is 11.6 Å². The average molecular weight is 401 g/mol. The Morgan fingerprint density at radius 2 is 2.11 bits per heavy atom. The first-order chi connectivity index (χ1) is 13.4. The molecule has 6 heteroatoms. The molecule has 146 valence electrons. The number of anilines is 1. The highest BCUT2D eigenvalue weighted by molar-refractivity contribution is 6.31. The molecule has 0 radical (unpaired) electrons. The number of hydrogen-bond donors (Lipinski definition) is 3. The Morgan fingerprint density at radius 3 is 2.79 bits per heavy atom. The number of aryl methyl sites for hydroxylation is 1. The second kappa shape index (κ2) is 8.48. The van der Waals surface area contributed by atoms with Crippen LogP contribution in [0.5, 0.6) is 0 Å². The van der Waals surface area contributed by atoms with Gasteiger partial charge < -0.3 is 15.7 Å². The van der Waals surface area contributed by atoms with Gasteiger partial charge in [-0.1, -0.05) is 36.7 Å². The fourth-order valence-electron chi connectivity index (χ4n) is 3.21. The van der Waals surface area contributed by atoms with E-state index in [-0.39, 0.29) is 17.2 Å². The molecule has 0 saturated carbocycles. The van der Waals surface area contributed by atoms with E-state index in [0.29, 0.717) is 11.6 Å². The van der Waals surface area contributed by atoms with Gasteiger partial charge in [-0.2, -0.15) is 0 Å². The van der Waals surface area contributed by atoms with Crippen LogP contribution in [0.4, 0.5) is 10.1 Å². The lowest BCUT2D eigenvalue weighted by Gasteiger charge is -2.25. The van der Waals surface area contributed by atoms with Gasteiger partial charge in [-0.15, -0.1) is 0 Å². The van der Waals surface area contributed by atoms with E-state index in [1.807, 2.05) is 37.3 Å². The summed E-state index contributed by atoms with van der Waals surface area (Å²) in [6, 6.07) is 9.63. The summed E-state index contributed by atoms with van der Waals surface area (Å²) < 4.78 is 14.3. The van der Waals surface area contributed by atoms with Crippen molar-refractivity contribution >= 4 is 23.3 Å². The second-order valence-corrected chi connectivity index (χ2v) is 7.29. The smallest absolute Gasteiger partial charge is 0.335 e. The fourth-order valence-corrected chi connectivity index (χ4v) is 3.50. The van der Waals surface area contributed by atoms with Gasteiger partial charge in [0, 0.05) is 23.2 Å². The van der Waals surface area contributed by atoms with Crippen LogP contribution in [0.2, 0.25) is 5.02 Å². The van der Waals surface area contributed by atoms with Crippen molar-refractivity contribution in [3.63, 3.8) is 0 Å². The molecule has 0 heterocycles. The molecule has 3 rings (SSSR count). The Kier molecular flexibility index (Phi) is 6.05. The highest BCUT2D eigenvalue weighted by atomic mass is 35.5. The van der Waals surface area contributed by atoms with Gasteiger partial charge >= 0.3 is 5.97 Å². The SMILES string of the molecule is Cc1cccc(Cl)c1CNC1=C(Nc2ccc(C(=O)O)cc2F)C=CCC1C. The normalized spacial score (nSPS) is 16.2. The predicted molar refractivity (Wildman–Crippen MR) is 110 cm³/mol. The molecular weight excluding hydrogens is 379 g/mol.